The van der Waals surface area contributed by atoms with Crippen molar-refractivity contribution in [3.05, 3.63) is 54.4 Å². The number of hydrazone groups is 1. The summed E-state index contributed by atoms with van der Waals surface area (Å²) in [6.45, 7) is 1.89. The molecule has 122 valence electrons. The lowest BCUT2D eigenvalue weighted by Gasteiger charge is -2.06. The Morgan fingerprint density at radius 3 is 2.83 bits per heavy atom. The number of benzene rings is 2. The van der Waals surface area contributed by atoms with Crippen LogP contribution in [0.5, 0.6) is 0 Å². The number of hydrogen-bond donors (Lipinski definition) is 1. The highest BCUT2D eigenvalue weighted by molar-refractivity contribution is 7.99. The SMILES string of the molecule is C/C(=N\NC(=O)CSc1nncn1C)c1cccc2ccccc12. The summed E-state index contributed by atoms with van der Waals surface area (Å²) >= 11 is 1.32. The van der Waals surface area contributed by atoms with Crippen LogP contribution in [0.2, 0.25) is 0 Å². The molecule has 7 heteroatoms. The zero-order valence-electron chi connectivity index (χ0n) is 13.4. The van der Waals surface area contributed by atoms with Gasteiger partial charge in [-0.1, -0.05) is 54.2 Å². The average molecular weight is 339 g/mol. The van der Waals surface area contributed by atoms with Gasteiger partial charge in [0.1, 0.15) is 6.33 Å². The van der Waals surface area contributed by atoms with Gasteiger partial charge in [0.25, 0.3) is 5.91 Å². The Balaban J connectivity index is 1.67. The maximum absolute atomic E-state index is 12.0. The third-order valence-electron chi connectivity index (χ3n) is 3.53. The number of carbonyl (C=O) groups is 1. The molecule has 3 aromatic rings. The number of fused-ring (bicyclic) bond motifs is 1. The minimum atomic E-state index is -0.178. The van der Waals surface area contributed by atoms with Crippen LogP contribution in [0.15, 0.2) is 59.0 Å². The normalized spacial score (nSPS) is 11.7. The lowest BCUT2D eigenvalue weighted by Crippen LogP contribution is -2.21. The molecule has 6 nitrogen and oxygen atoms in total. The minimum absolute atomic E-state index is 0.178. The summed E-state index contributed by atoms with van der Waals surface area (Å²) in [6, 6.07) is 14.2. The fourth-order valence-corrected chi connectivity index (χ4v) is 2.99. The van der Waals surface area contributed by atoms with Crippen molar-refractivity contribution in [1.82, 2.24) is 20.2 Å². The van der Waals surface area contributed by atoms with E-state index in [1.54, 1.807) is 10.9 Å². The standard InChI is InChI=1S/C17H17N5OS/c1-12(14-9-5-7-13-6-3-4-8-15(13)14)19-20-16(23)10-24-17-21-18-11-22(17)2/h3-9,11H,10H2,1-2H3,(H,20,23)/b19-12+. The molecule has 1 aromatic heterocycles. The quantitative estimate of drug-likeness (QED) is 0.441. The molecule has 0 unspecified atom stereocenters. The van der Waals surface area contributed by atoms with E-state index in [1.165, 1.54) is 11.8 Å². The van der Waals surface area contributed by atoms with Crippen LogP contribution >= 0.6 is 11.8 Å². The Bertz CT molecular complexity index is 897. The topological polar surface area (TPSA) is 72.2 Å². The number of nitrogens with zero attached hydrogens (tertiary/aromatic N) is 4. The van der Waals surface area contributed by atoms with E-state index in [-0.39, 0.29) is 11.7 Å². The van der Waals surface area contributed by atoms with E-state index in [0.717, 1.165) is 22.0 Å². The molecule has 0 bridgehead atoms. The van der Waals surface area contributed by atoms with Crippen LogP contribution in [-0.2, 0) is 11.8 Å². The number of rotatable bonds is 5. The molecular weight excluding hydrogens is 322 g/mol. The van der Waals surface area contributed by atoms with E-state index in [0.29, 0.717) is 5.16 Å². The number of nitrogens with one attached hydrogen (secondary N) is 1. The van der Waals surface area contributed by atoms with Crippen LogP contribution in [-0.4, -0.2) is 32.1 Å². The van der Waals surface area contributed by atoms with Gasteiger partial charge < -0.3 is 4.57 Å². The van der Waals surface area contributed by atoms with Gasteiger partial charge in [0.05, 0.1) is 11.5 Å². The first-order chi connectivity index (χ1) is 11.6. The Morgan fingerprint density at radius 1 is 1.25 bits per heavy atom. The molecule has 0 fully saturated rings. The largest absolute Gasteiger partial charge is 0.312 e. The number of hydrogen-bond acceptors (Lipinski definition) is 5. The zero-order valence-corrected chi connectivity index (χ0v) is 14.2. The number of aromatic nitrogens is 3. The van der Waals surface area contributed by atoms with Crippen molar-refractivity contribution in [2.45, 2.75) is 12.1 Å². The summed E-state index contributed by atoms with van der Waals surface area (Å²) in [5.41, 5.74) is 4.37. The van der Waals surface area contributed by atoms with Gasteiger partial charge in [-0.2, -0.15) is 5.10 Å². The van der Waals surface area contributed by atoms with E-state index in [4.69, 9.17) is 0 Å². The van der Waals surface area contributed by atoms with Gasteiger partial charge in [-0.05, 0) is 17.7 Å². The molecule has 24 heavy (non-hydrogen) atoms. The number of thioether (sulfide) groups is 1. The van der Waals surface area contributed by atoms with Gasteiger partial charge in [0.2, 0.25) is 0 Å². The first kappa shape index (κ1) is 16.2. The fourth-order valence-electron chi connectivity index (χ4n) is 2.31. The van der Waals surface area contributed by atoms with Crippen LogP contribution in [0.3, 0.4) is 0 Å². The second-order valence-electron chi connectivity index (χ2n) is 5.27. The molecule has 0 spiro atoms. The van der Waals surface area contributed by atoms with Crippen molar-refractivity contribution in [2.24, 2.45) is 12.1 Å². The molecule has 0 aliphatic rings. The number of amides is 1. The van der Waals surface area contributed by atoms with Crippen LogP contribution in [0.1, 0.15) is 12.5 Å². The van der Waals surface area contributed by atoms with Gasteiger partial charge >= 0.3 is 0 Å². The summed E-state index contributed by atoms with van der Waals surface area (Å²) in [4.78, 5) is 12.0. The predicted molar refractivity (Wildman–Crippen MR) is 96.0 cm³/mol. The van der Waals surface area contributed by atoms with Crippen LogP contribution in [0, 0.1) is 0 Å². The summed E-state index contributed by atoms with van der Waals surface area (Å²) in [7, 11) is 1.84. The van der Waals surface area contributed by atoms with Crippen LogP contribution < -0.4 is 5.43 Å². The molecule has 1 N–H and O–H groups in total. The Kier molecular flexibility index (Phi) is 4.90. The van der Waals surface area contributed by atoms with Crippen molar-refractivity contribution < 1.29 is 4.79 Å². The zero-order chi connectivity index (χ0) is 16.9. The molecule has 1 amide bonds. The summed E-state index contributed by atoms with van der Waals surface area (Å²) < 4.78 is 1.77. The Hall–Kier alpha value is -2.67. The van der Waals surface area contributed by atoms with Crippen molar-refractivity contribution in [3.63, 3.8) is 0 Å². The first-order valence-electron chi connectivity index (χ1n) is 7.43. The summed E-state index contributed by atoms with van der Waals surface area (Å²) in [6.07, 6.45) is 1.60. The van der Waals surface area contributed by atoms with Gasteiger partial charge in [-0.25, -0.2) is 5.43 Å². The fraction of sp³-hybridized carbons (Fsp3) is 0.176. The van der Waals surface area contributed by atoms with Crippen molar-refractivity contribution in [1.29, 1.82) is 0 Å². The maximum atomic E-state index is 12.0. The van der Waals surface area contributed by atoms with E-state index < -0.39 is 0 Å². The first-order valence-corrected chi connectivity index (χ1v) is 8.42. The second kappa shape index (κ2) is 7.27. The predicted octanol–water partition coefficient (Wildman–Crippen LogP) is 2.60. The molecular formula is C17H17N5OS. The molecule has 0 aliphatic heterocycles. The second-order valence-corrected chi connectivity index (χ2v) is 6.21. The number of aryl methyl sites for hydroxylation is 1. The van der Waals surface area contributed by atoms with E-state index >= 15 is 0 Å². The highest BCUT2D eigenvalue weighted by Gasteiger charge is 2.07. The lowest BCUT2D eigenvalue weighted by atomic mass is 10.0. The van der Waals surface area contributed by atoms with E-state index in [1.807, 2.05) is 38.2 Å². The molecule has 0 saturated carbocycles. The van der Waals surface area contributed by atoms with Gasteiger partial charge in [-0.15, -0.1) is 10.2 Å². The average Bonchev–Trinajstić information content (AvgIpc) is 3.02. The lowest BCUT2D eigenvalue weighted by molar-refractivity contribution is -0.118. The highest BCUT2D eigenvalue weighted by Crippen LogP contribution is 2.19. The summed E-state index contributed by atoms with van der Waals surface area (Å²) in [5, 5.41) is 14.9. The van der Waals surface area contributed by atoms with Gasteiger partial charge in [-0.3, -0.25) is 4.79 Å². The minimum Gasteiger partial charge on any atom is -0.312 e. The third-order valence-corrected chi connectivity index (χ3v) is 4.56. The van der Waals surface area contributed by atoms with Crippen LogP contribution in [0.25, 0.3) is 10.8 Å². The molecule has 3 rings (SSSR count). The molecule has 0 atom stereocenters. The van der Waals surface area contributed by atoms with Crippen molar-refractivity contribution >= 4 is 34.2 Å². The summed E-state index contributed by atoms with van der Waals surface area (Å²) in [5.74, 6) is 0.0568. The van der Waals surface area contributed by atoms with E-state index in [2.05, 4.69) is 38.9 Å². The maximum Gasteiger partial charge on any atom is 0.250 e. The van der Waals surface area contributed by atoms with Gasteiger partial charge in [0, 0.05) is 12.6 Å². The monoisotopic (exact) mass is 339 g/mol. The van der Waals surface area contributed by atoms with Crippen LogP contribution in [0.4, 0.5) is 0 Å². The molecule has 0 radical (unpaired) electrons. The van der Waals surface area contributed by atoms with Crippen molar-refractivity contribution in [2.75, 3.05) is 5.75 Å². The molecule has 2 aromatic carbocycles. The third kappa shape index (κ3) is 3.62. The van der Waals surface area contributed by atoms with Gasteiger partial charge in [0.15, 0.2) is 5.16 Å². The van der Waals surface area contributed by atoms with Crippen molar-refractivity contribution in [3.8, 4) is 0 Å². The smallest absolute Gasteiger partial charge is 0.250 e. The number of carbonyl (C=O) groups excluding carboxylic acids is 1. The molecule has 1 heterocycles. The molecule has 0 aliphatic carbocycles. The Labute approximate surface area is 144 Å². The molecule has 0 saturated heterocycles. The highest BCUT2D eigenvalue weighted by atomic mass is 32.2. The Morgan fingerprint density at radius 2 is 2.04 bits per heavy atom. The van der Waals surface area contributed by atoms with E-state index in [9.17, 15) is 4.79 Å².